The van der Waals surface area contributed by atoms with E-state index in [2.05, 4.69) is 18.0 Å². The smallest absolute Gasteiger partial charge is 0.101 e. The molecule has 0 amide bonds. The van der Waals surface area contributed by atoms with E-state index in [0.29, 0.717) is 11.3 Å². The van der Waals surface area contributed by atoms with Crippen LogP contribution in [0.2, 0.25) is 0 Å². The molecule has 2 aromatic rings. The summed E-state index contributed by atoms with van der Waals surface area (Å²) in [5, 5.41) is 9.73. The van der Waals surface area contributed by atoms with Crippen LogP contribution < -0.4 is 0 Å². The number of pyridine rings is 1. The van der Waals surface area contributed by atoms with Crippen LogP contribution in [0.5, 0.6) is 0 Å². The third-order valence-corrected chi connectivity index (χ3v) is 1.92. The fourth-order valence-corrected chi connectivity index (χ4v) is 1.25. The van der Waals surface area contributed by atoms with Crippen molar-refractivity contribution in [2.24, 2.45) is 0 Å². The van der Waals surface area contributed by atoms with Crippen LogP contribution in [0.25, 0.3) is 10.9 Å². The van der Waals surface area contributed by atoms with Gasteiger partial charge in [0, 0.05) is 5.39 Å². The average Bonchev–Trinajstić information content (AvgIpc) is 2.17. The van der Waals surface area contributed by atoms with Crippen molar-refractivity contribution in [3.8, 4) is 6.07 Å². The molecule has 0 fully saturated rings. The Morgan fingerprint density at radius 2 is 2.08 bits per heavy atom. The molecule has 2 rings (SSSR count). The lowest BCUT2D eigenvalue weighted by Gasteiger charge is -1.99. The maximum absolute atomic E-state index is 8.75. The highest BCUT2D eigenvalue weighted by Crippen LogP contribution is 2.14. The minimum absolute atomic E-state index is 0.540. The number of para-hydroxylation sites is 1. The van der Waals surface area contributed by atoms with Crippen LogP contribution in [-0.4, -0.2) is 4.98 Å². The van der Waals surface area contributed by atoms with Gasteiger partial charge in [-0.3, -0.25) is 4.98 Å². The highest BCUT2D eigenvalue weighted by Gasteiger charge is 2.00. The molecule has 13 heavy (non-hydrogen) atoms. The van der Waals surface area contributed by atoms with Crippen LogP contribution >= 0.6 is 0 Å². The van der Waals surface area contributed by atoms with Crippen molar-refractivity contribution in [3.05, 3.63) is 48.5 Å². The van der Waals surface area contributed by atoms with E-state index in [4.69, 9.17) is 5.26 Å². The zero-order valence-corrected chi connectivity index (χ0v) is 6.99. The van der Waals surface area contributed by atoms with Gasteiger partial charge in [-0.2, -0.15) is 5.26 Å². The lowest BCUT2D eigenvalue weighted by Crippen LogP contribution is -1.88. The standard InChI is InChI=1S/C11H7N2/c1-8-10(7-12)6-9-4-2-3-5-11(9)13-8/h2-6H,1H2. The molecule has 0 unspecified atom stereocenters. The molecule has 0 N–H and O–H groups in total. The molecule has 0 spiro atoms. The Hall–Kier alpha value is -1.88. The molecule has 0 aliphatic carbocycles. The second-order valence-corrected chi connectivity index (χ2v) is 2.79. The molecular weight excluding hydrogens is 160 g/mol. The summed E-state index contributed by atoms with van der Waals surface area (Å²) in [7, 11) is 0. The normalized spacial score (nSPS) is 9.85. The van der Waals surface area contributed by atoms with Gasteiger partial charge in [-0.25, -0.2) is 0 Å². The number of nitrogens with zero attached hydrogens (tertiary/aromatic N) is 2. The average molecular weight is 167 g/mol. The Bertz CT molecular complexity index is 495. The van der Waals surface area contributed by atoms with Gasteiger partial charge >= 0.3 is 0 Å². The molecule has 0 aliphatic heterocycles. The fourth-order valence-electron chi connectivity index (χ4n) is 1.25. The Balaban J connectivity index is 2.83. The van der Waals surface area contributed by atoms with Crippen LogP contribution in [0.4, 0.5) is 0 Å². The van der Waals surface area contributed by atoms with Gasteiger partial charge in [0.05, 0.1) is 16.8 Å². The Morgan fingerprint density at radius 3 is 2.85 bits per heavy atom. The molecule has 2 heteroatoms. The highest BCUT2D eigenvalue weighted by molar-refractivity contribution is 5.80. The number of fused-ring (bicyclic) bond motifs is 1. The first-order valence-corrected chi connectivity index (χ1v) is 3.93. The lowest BCUT2D eigenvalue weighted by atomic mass is 10.1. The maximum Gasteiger partial charge on any atom is 0.101 e. The number of benzene rings is 1. The van der Waals surface area contributed by atoms with Gasteiger partial charge in [-0.05, 0) is 19.1 Å². The Labute approximate surface area is 76.5 Å². The van der Waals surface area contributed by atoms with E-state index < -0.39 is 0 Å². The van der Waals surface area contributed by atoms with Gasteiger partial charge in [-0.1, -0.05) is 18.2 Å². The molecule has 0 saturated heterocycles. The highest BCUT2D eigenvalue weighted by atomic mass is 14.7. The van der Waals surface area contributed by atoms with Gasteiger partial charge in [0.2, 0.25) is 0 Å². The topological polar surface area (TPSA) is 36.7 Å². The van der Waals surface area contributed by atoms with E-state index >= 15 is 0 Å². The van der Waals surface area contributed by atoms with Crippen LogP contribution in [0, 0.1) is 18.3 Å². The van der Waals surface area contributed by atoms with Gasteiger partial charge in [0.1, 0.15) is 6.07 Å². The van der Waals surface area contributed by atoms with E-state index in [-0.39, 0.29) is 0 Å². The van der Waals surface area contributed by atoms with E-state index in [9.17, 15) is 0 Å². The number of hydrogen-bond acceptors (Lipinski definition) is 2. The van der Waals surface area contributed by atoms with E-state index in [1.165, 1.54) is 0 Å². The van der Waals surface area contributed by atoms with E-state index in [1.807, 2.05) is 30.3 Å². The predicted octanol–water partition coefficient (Wildman–Crippen LogP) is 2.29. The van der Waals surface area contributed by atoms with Gasteiger partial charge in [-0.15, -0.1) is 0 Å². The molecule has 1 aromatic heterocycles. The first-order chi connectivity index (χ1) is 6.31. The van der Waals surface area contributed by atoms with Crippen molar-refractivity contribution >= 4 is 10.9 Å². The fraction of sp³-hybridized carbons (Fsp3) is 0. The quantitative estimate of drug-likeness (QED) is 0.603. The third-order valence-electron chi connectivity index (χ3n) is 1.92. The molecule has 1 radical (unpaired) electrons. The van der Waals surface area contributed by atoms with Crippen molar-refractivity contribution in [1.82, 2.24) is 4.98 Å². The summed E-state index contributed by atoms with van der Waals surface area (Å²) in [6.07, 6.45) is 0. The molecule has 0 aliphatic rings. The zero-order valence-electron chi connectivity index (χ0n) is 6.99. The number of aromatic nitrogens is 1. The van der Waals surface area contributed by atoms with Crippen LogP contribution in [0.3, 0.4) is 0 Å². The summed E-state index contributed by atoms with van der Waals surface area (Å²) in [5.74, 6) is 0. The van der Waals surface area contributed by atoms with Crippen LogP contribution in [0.15, 0.2) is 30.3 Å². The van der Waals surface area contributed by atoms with Crippen molar-refractivity contribution < 1.29 is 0 Å². The number of nitriles is 1. The van der Waals surface area contributed by atoms with Crippen molar-refractivity contribution in [2.45, 2.75) is 0 Å². The molecule has 61 valence electrons. The summed E-state index contributed by atoms with van der Waals surface area (Å²) < 4.78 is 0. The van der Waals surface area contributed by atoms with E-state index in [0.717, 1.165) is 10.9 Å². The lowest BCUT2D eigenvalue weighted by molar-refractivity contribution is 1.30. The van der Waals surface area contributed by atoms with Crippen molar-refractivity contribution in [2.75, 3.05) is 0 Å². The molecule has 1 heterocycles. The summed E-state index contributed by atoms with van der Waals surface area (Å²) in [6, 6.07) is 11.6. The minimum Gasteiger partial charge on any atom is -0.251 e. The summed E-state index contributed by atoms with van der Waals surface area (Å²) >= 11 is 0. The SMILES string of the molecule is [CH2]c1nc2ccccc2cc1C#N. The zero-order chi connectivity index (χ0) is 9.26. The third kappa shape index (κ3) is 1.25. The summed E-state index contributed by atoms with van der Waals surface area (Å²) in [6.45, 7) is 3.71. The molecule has 1 aromatic carbocycles. The van der Waals surface area contributed by atoms with Crippen LogP contribution in [0.1, 0.15) is 11.3 Å². The molecule has 0 atom stereocenters. The summed E-state index contributed by atoms with van der Waals surface area (Å²) in [5.41, 5.74) is 1.96. The second-order valence-electron chi connectivity index (χ2n) is 2.79. The second kappa shape index (κ2) is 2.87. The van der Waals surface area contributed by atoms with Gasteiger partial charge in [0.25, 0.3) is 0 Å². The Morgan fingerprint density at radius 1 is 1.31 bits per heavy atom. The summed E-state index contributed by atoms with van der Waals surface area (Å²) in [4.78, 5) is 4.21. The molecule has 0 saturated carbocycles. The van der Waals surface area contributed by atoms with Gasteiger partial charge in [0.15, 0.2) is 0 Å². The minimum atomic E-state index is 0.540. The van der Waals surface area contributed by atoms with Crippen molar-refractivity contribution in [1.29, 1.82) is 5.26 Å². The number of rotatable bonds is 0. The Kier molecular flexibility index (Phi) is 1.71. The monoisotopic (exact) mass is 167 g/mol. The molecule has 2 nitrogen and oxygen atoms in total. The molecular formula is C11H7N2. The predicted molar refractivity (Wildman–Crippen MR) is 50.9 cm³/mol. The first kappa shape index (κ1) is 7.75. The number of hydrogen-bond donors (Lipinski definition) is 0. The van der Waals surface area contributed by atoms with Gasteiger partial charge < -0.3 is 0 Å². The van der Waals surface area contributed by atoms with Crippen molar-refractivity contribution in [3.63, 3.8) is 0 Å². The largest absolute Gasteiger partial charge is 0.251 e. The van der Waals surface area contributed by atoms with E-state index in [1.54, 1.807) is 0 Å². The maximum atomic E-state index is 8.75. The molecule has 0 bridgehead atoms. The first-order valence-electron chi connectivity index (χ1n) is 3.93. The van der Waals surface area contributed by atoms with Crippen LogP contribution in [-0.2, 0) is 0 Å².